The van der Waals surface area contributed by atoms with Gasteiger partial charge in [0.05, 0.1) is 4.91 Å². The molecule has 3 aromatic rings. The second-order valence-electron chi connectivity index (χ2n) is 11.0. The maximum Gasteiger partial charge on any atom is 0.260 e. The second kappa shape index (κ2) is 12.7. The summed E-state index contributed by atoms with van der Waals surface area (Å²) in [5, 5.41) is 3.56. The smallest absolute Gasteiger partial charge is 0.260 e. The van der Waals surface area contributed by atoms with Crippen LogP contribution in [0.2, 0.25) is 0 Å². The van der Waals surface area contributed by atoms with E-state index in [2.05, 4.69) is 53.5 Å². The lowest BCUT2D eigenvalue weighted by molar-refractivity contribution is -0.130. The lowest BCUT2D eigenvalue weighted by Gasteiger charge is -2.44. The summed E-state index contributed by atoms with van der Waals surface area (Å²) in [6, 6.07) is 26.8. The third-order valence-corrected chi connectivity index (χ3v) is 9.25. The van der Waals surface area contributed by atoms with Crippen molar-refractivity contribution in [3.63, 3.8) is 0 Å². The van der Waals surface area contributed by atoms with Gasteiger partial charge in [-0.1, -0.05) is 85.1 Å². The van der Waals surface area contributed by atoms with Crippen LogP contribution in [0.25, 0.3) is 6.08 Å². The van der Waals surface area contributed by atoms with E-state index in [1.54, 1.807) is 11.8 Å². The summed E-state index contributed by atoms with van der Waals surface area (Å²) in [6.07, 6.45) is 8.46. The molecule has 202 valence electrons. The highest BCUT2D eigenvalue weighted by molar-refractivity contribution is 8.04. The summed E-state index contributed by atoms with van der Waals surface area (Å²) >= 11 is 1.75. The molecule has 3 atom stereocenters. The van der Waals surface area contributed by atoms with Crippen molar-refractivity contribution >= 4 is 29.7 Å². The zero-order valence-corrected chi connectivity index (χ0v) is 23.8. The minimum Gasteiger partial charge on any atom is -0.350 e. The third kappa shape index (κ3) is 7.02. The van der Waals surface area contributed by atoms with Gasteiger partial charge in [-0.2, -0.15) is 0 Å². The molecular weight excluding hydrogens is 500 g/mol. The average molecular weight is 539 g/mol. The number of benzene rings is 3. The average Bonchev–Trinajstić information content (AvgIpc) is 2.96. The first kappa shape index (κ1) is 27.3. The van der Waals surface area contributed by atoms with E-state index in [1.807, 2.05) is 55.5 Å². The Hall–Kier alpha value is -3.31. The first-order valence-corrected chi connectivity index (χ1v) is 15.0. The zero-order valence-electron chi connectivity index (χ0n) is 22.9. The SMILES string of the molecule is Cc1ccc(CN2C(=O)/C(=C\c3ccc(C(=O)NC(C)CCc4ccccc4)cc3)SC3CCCCC32)cc1. The predicted molar refractivity (Wildman–Crippen MR) is 161 cm³/mol. The van der Waals surface area contributed by atoms with Gasteiger partial charge in [0.25, 0.3) is 11.8 Å². The maximum atomic E-state index is 13.7. The molecule has 4 nitrogen and oxygen atoms in total. The van der Waals surface area contributed by atoms with Crippen molar-refractivity contribution in [1.82, 2.24) is 10.2 Å². The summed E-state index contributed by atoms with van der Waals surface area (Å²) in [5.74, 6) is 0.0602. The molecule has 0 spiro atoms. The lowest BCUT2D eigenvalue weighted by Crippen LogP contribution is -2.50. The van der Waals surface area contributed by atoms with Crippen LogP contribution in [0.15, 0.2) is 83.8 Å². The van der Waals surface area contributed by atoms with Crippen molar-refractivity contribution in [3.05, 3.63) is 112 Å². The highest BCUT2D eigenvalue weighted by atomic mass is 32.2. The van der Waals surface area contributed by atoms with E-state index in [4.69, 9.17) is 0 Å². The molecule has 1 saturated heterocycles. The van der Waals surface area contributed by atoms with Gasteiger partial charge in [-0.15, -0.1) is 11.8 Å². The number of nitrogens with zero attached hydrogens (tertiary/aromatic N) is 1. The summed E-state index contributed by atoms with van der Waals surface area (Å²) in [6.45, 7) is 4.79. The van der Waals surface area contributed by atoms with Gasteiger partial charge in [0.2, 0.25) is 0 Å². The Kier molecular flexibility index (Phi) is 8.88. The standard InChI is InChI=1S/C34H38N2O2S/c1-24-12-15-28(16-13-24)23-36-30-10-6-7-11-31(30)39-32(34(36)38)22-27-18-20-29(21-19-27)33(37)35-25(2)14-17-26-8-4-3-5-9-26/h3-5,8-9,12-13,15-16,18-22,25,30-31H,6-7,10-11,14,17,23H2,1-2H3,(H,35,37)/b32-22+. The predicted octanol–water partition coefficient (Wildman–Crippen LogP) is 7.17. The molecule has 0 bridgehead atoms. The molecular formula is C34H38N2O2S. The summed E-state index contributed by atoms with van der Waals surface area (Å²) in [5.41, 5.74) is 5.28. The topological polar surface area (TPSA) is 49.4 Å². The van der Waals surface area contributed by atoms with Crippen LogP contribution in [-0.2, 0) is 17.8 Å². The second-order valence-corrected chi connectivity index (χ2v) is 12.2. The Morgan fingerprint density at radius 3 is 2.44 bits per heavy atom. The number of nitrogens with one attached hydrogen (secondary N) is 1. The van der Waals surface area contributed by atoms with E-state index in [0.29, 0.717) is 23.4 Å². The molecule has 2 fully saturated rings. The van der Waals surface area contributed by atoms with Crippen molar-refractivity contribution in [2.24, 2.45) is 0 Å². The summed E-state index contributed by atoms with van der Waals surface area (Å²) in [7, 11) is 0. The van der Waals surface area contributed by atoms with E-state index in [-0.39, 0.29) is 17.9 Å². The van der Waals surface area contributed by atoms with Crippen molar-refractivity contribution < 1.29 is 9.59 Å². The van der Waals surface area contributed by atoms with Crippen LogP contribution in [0.4, 0.5) is 0 Å². The number of rotatable bonds is 8. The molecule has 3 aromatic carbocycles. The molecule has 3 unspecified atom stereocenters. The van der Waals surface area contributed by atoms with E-state index in [0.717, 1.165) is 36.2 Å². The highest BCUT2D eigenvalue weighted by Crippen LogP contribution is 2.42. The van der Waals surface area contributed by atoms with Crippen LogP contribution < -0.4 is 5.32 Å². The van der Waals surface area contributed by atoms with E-state index >= 15 is 0 Å². The van der Waals surface area contributed by atoms with Crippen molar-refractivity contribution in [1.29, 1.82) is 0 Å². The number of hydrogen-bond acceptors (Lipinski definition) is 3. The van der Waals surface area contributed by atoms with Gasteiger partial charge in [-0.05, 0) is 74.4 Å². The van der Waals surface area contributed by atoms with Gasteiger partial charge < -0.3 is 10.2 Å². The van der Waals surface area contributed by atoms with Gasteiger partial charge in [-0.3, -0.25) is 9.59 Å². The van der Waals surface area contributed by atoms with Crippen molar-refractivity contribution in [3.8, 4) is 0 Å². The maximum absolute atomic E-state index is 13.7. The molecule has 1 aliphatic heterocycles. The Bertz CT molecular complexity index is 1300. The van der Waals surface area contributed by atoms with Gasteiger partial charge >= 0.3 is 0 Å². The minimum atomic E-state index is -0.0628. The van der Waals surface area contributed by atoms with Gasteiger partial charge in [0, 0.05) is 29.4 Å². The first-order valence-electron chi connectivity index (χ1n) is 14.2. The van der Waals surface area contributed by atoms with E-state index in [1.165, 1.54) is 29.5 Å². The fourth-order valence-corrected chi connectivity index (χ4v) is 7.01. The van der Waals surface area contributed by atoms with Crippen LogP contribution in [0, 0.1) is 6.92 Å². The molecule has 39 heavy (non-hydrogen) atoms. The summed E-state index contributed by atoms with van der Waals surface area (Å²) in [4.78, 5) is 29.4. The molecule has 1 aliphatic carbocycles. The number of fused-ring (bicyclic) bond motifs is 1. The van der Waals surface area contributed by atoms with E-state index in [9.17, 15) is 9.59 Å². The number of hydrogen-bond donors (Lipinski definition) is 1. The molecule has 1 N–H and O–H groups in total. The fourth-order valence-electron chi connectivity index (χ4n) is 5.54. The van der Waals surface area contributed by atoms with Gasteiger partial charge in [-0.25, -0.2) is 0 Å². The minimum absolute atomic E-state index is 0.0628. The molecule has 1 saturated carbocycles. The summed E-state index contributed by atoms with van der Waals surface area (Å²) < 4.78 is 0. The van der Waals surface area contributed by atoms with Crippen LogP contribution >= 0.6 is 11.8 Å². The zero-order chi connectivity index (χ0) is 27.2. The molecule has 5 rings (SSSR count). The molecule has 1 heterocycles. The largest absolute Gasteiger partial charge is 0.350 e. The molecule has 2 amide bonds. The van der Waals surface area contributed by atoms with Crippen molar-refractivity contribution in [2.75, 3.05) is 0 Å². The quantitative estimate of drug-likeness (QED) is 0.309. The Morgan fingerprint density at radius 2 is 1.69 bits per heavy atom. The van der Waals surface area contributed by atoms with Gasteiger partial charge in [0.15, 0.2) is 0 Å². The number of carbonyl (C=O) groups excluding carboxylic acids is 2. The number of amides is 2. The Morgan fingerprint density at radius 1 is 0.974 bits per heavy atom. The van der Waals surface area contributed by atoms with Crippen LogP contribution in [0.1, 0.15) is 71.6 Å². The molecule has 0 radical (unpaired) electrons. The Labute approximate surface area is 236 Å². The Balaban J connectivity index is 1.24. The van der Waals surface area contributed by atoms with Gasteiger partial charge in [0.1, 0.15) is 0 Å². The molecule has 5 heteroatoms. The highest BCUT2D eigenvalue weighted by Gasteiger charge is 2.40. The van der Waals surface area contributed by atoms with Crippen molar-refractivity contribution in [2.45, 2.75) is 76.3 Å². The lowest BCUT2D eigenvalue weighted by atomic mass is 9.92. The third-order valence-electron chi connectivity index (χ3n) is 7.85. The van der Waals surface area contributed by atoms with Crippen LogP contribution in [0.5, 0.6) is 0 Å². The van der Waals surface area contributed by atoms with Crippen LogP contribution in [-0.4, -0.2) is 34.0 Å². The monoisotopic (exact) mass is 538 g/mol. The molecule has 2 aliphatic rings. The number of thioether (sulfide) groups is 1. The fraction of sp³-hybridized carbons (Fsp3) is 0.353. The normalized spacial score (nSPS) is 20.9. The van der Waals surface area contributed by atoms with Crippen LogP contribution in [0.3, 0.4) is 0 Å². The molecule has 0 aromatic heterocycles. The number of carbonyl (C=O) groups is 2. The van der Waals surface area contributed by atoms with E-state index < -0.39 is 0 Å². The number of aryl methyl sites for hydroxylation is 2. The first-order chi connectivity index (χ1) is 19.0.